The summed E-state index contributed by atoms with van der Waals surface area (Å²) in [5.74, 6) is 2.32. The van der Waals surface area contributed by atoms with Crippen molar-refractivity contribution in [2.24, 2.45) is 0 Å². The molecule has 1 aromatic carbocycles. The highest BCUT2D eigenvalue weighted by Gasteiger charge is 2.29. The van der Waals surface area contributed by atoms with Gasteiger partial charge < -0.3 is 19.5 Å². The van der Waals surface area contributed by atoms with Gasteiger partial charge in [-0.05, 0) is 54.8 Å². The predicted molar refractivity (Wildman–Crippen MR) is 120 cm³/mol. The second-order valence-corrected chi connectivity index (χ2v) is 10.4. The van der Waals surface area contributed by atoms with Gasteiger partial charge in [0.25, 0.3) is 0 Å². The zero-order valence-electron chi connectivity index (χ0n) is 16.7. The van der Waals surface area contributed by atoms with Crippen molar-refractivity contribution in [2.75, 3.05) is 36.5 Å². The van der Waals surface area contributed by atoms with E-state index in [4.69, 9.17) is 9.72 Å². The minimum atomic E-state index is -0.901. The smallest absolute Gasteiger partial charge is 0.224 e. The Hall–Kier alpha value is -1.55. The van der Waals surface area contributed by atoms with Gasteiger partial charge in [0.1, 0.15) is 17.6 Å². The Kier molecular flexibility index (Phi) is 6.48. The molecule has 1 N–H and O–H groups in total. The molecule has 4 rings (SSSR count). The van der Waals surface area contributed by atoms with E-state index >= 15 is 0 Å². The van der Waals surface area contributed by atoms with Crippen molar-refractivity contribution < 1.29 is 9.29 Å². The molecule has 0 amide bonds. The summed E-state index contributed by atoms with van der Waals surface area (Å²) in [6.07, 6.45) is 3.65. The molecular weight excluding hydrogens is 454 g/mol. The van der Waals surface area contributed by atoms with E-state index in [9.17, 15) is 4.55 Å². The van der Waals surface area contributed by atoms with Crippen LogP contribution in [0.5, 0.6) is 5.75 Å². The van der Waals surface area contributed by atoms with Gasteiger partial charge in [0.15, 0.2) is 5.82 Å². The zero-order chi connectivity index (χ0) is 20.4. The van der Waals surface area contributed by atoms with Crippen molar-refractivity contribution in [1.29, 1.82) is 0 Å². The number of nitrogens with one attached hydrogen (secondary N) is 1. The summed E-state index contributed by atoms with van der Waals surface area (Å²) in [5.41, 5.74) is 1.01. The lowest BCUT2D eigenvalue weighted by Gasteiger charge is -2.34. The molecule has 0 saturated carbocycles. The van der Waals surface area contributed by atoms with Gasteiger partial charge in [-0.3, -0.25) is 0 Å². The van der Waals surface area contributed by atoms with E-state index in [-0.39, 0.29) is 11.3 Å². The standard InChI is InChI=1S/C20H26BrN5O2S/c1-14(2)29(27)25-9-7-15(8-10-25)23-20-22-13-16(21)19(24-20)26-11-12-28-18-6-4-3-5-17(18)26/h3-6,13-15H,7-12H2,1-2H3,(H,22,23,24). The summed E-state index contributed by atoms with van der Waals surface area (Å²) in [6.45, 7) is 6.99. The van der Waals surface area contributed by atoms with E-state index in [0.717, 1.165) is 54.2 Å². The summed E-state index contributed by atoms with van der Waals surface area (Å²) in [5, 5.41) is 3.63. The number of para-hydroxylation sites is 2. The Morgan fingerprint density at radius 2 is 2.00 bits per heavy atom. The summed E-state index contributed by atoms with van der Waals surface area (Å²) in [7, 11) is 0. The van der Waals surface area contributed by atoms with Crippen molar-refractivity contribution in [2.45, 2.75) is 38.0 Å². The lowest BCUT2D eigenvalue weighted by molar-refractivity contribution is 0.313. The maximum absolute atomic E-state index is 12.3. The van der Waals surface area contributed by atoms with Crippen LogP contribution < -0.4 is 15.0 Å². The van der Waals surface area contributed by atoms with E-state index in [1.807, 2.05) is 38.1 Å². The van der Waals surface area contributed by atoms with Gasteiger partial charge in [0.05, 0.1) is 16.7 Å². The molecule has 0 aliphatic carbocycles. The third kappa shape index (κ3) is 4.63. The molecule has 1 saturated heterocycles. The highest BCUT2D eigenvalue weighted by Crippen LogP contribution is 2.38. The fourth-order valence-electron chi connectivity index (χ4n) is 3.67. The molecule has 0 spiro atoms. The number of benzene rings is 1. The first-order valence-corrected chi connectivity index (χ1v) is 11.9. The molecule has 1 atom stereocenters. The normalized spacial score (nSPS) is 19.0. The molecule has 1 unspecified atom stereocenters. The van der Waals surface area contributed by atoms with Gasteiger partial charge in [0.2, 0.25) is 5.95 Å². The van der Waals surface area contributed by atoms with Crippen LogP contribution in [0.4, 0.5) is 17.5 Å². The maximum Gasteiger partial charge on any atom is 0.224 e. The van der Waals surface area contributed by atoms with Crippen LogP contribution in [0.3, 0.4) is 0 Å². The number of aromatic nitrogens is 2. The third-order valence-electron chi connectivity index (χ3n) is 5.15. The van der Waals surface area contributed by atoms with Crippen LogP contribution in [0.15, 0.2) is 34.9 Å². The largest absolute Gasteiger partial charge is 0.598 e. The minimum absolute atomic E-state index is 0.160. The average molecular weight is 480 g/mol. The molecule has 156 valence electrons. The molecule has 0 bridgehead atoms. The predicted octanol–water partition coefficient (Wildman–Crippen LogP) is 3.72. The van der Waals surface area contributed by atoms with E-state index in [0.29, 0.717) is 12.6 Å². The van der Waals surface area contributed by atoms with Crippen molar-refractivity contribution in [3.05, 3.63) is 34.9 Å². The van der Waals surface area contributed by atoms with Gasteiger partial charge in [-0.25, -0.2) is 4.98 Å². The molecule has 1 aromatic heterocycles. The SMILES string of the molecule is CC(C)[S+]([O-])N1CCC(Nc2ncc(Br)c(N3CCOc4ccccc43)n2)CC1. The van der Waals surface area contributed by atoms with Crippen LogP contribution >= 0.6 is 15.9 Å². The van der Waals surface area contributed by atoms with Gasteiger partial charge >= 0.3 is 0 Å². The van der Waals surface area contributed by atoms with E-state index < -0.39 is 11.4 Å². The van der Waals surface area contributed by atoms with E-state index in [1.54, 1.807) is 6.20 Å². The van der Waals surface area contributed by atoms with Crippen LogP contribution in [-0.2, 0) is 11.4 Å². The van der Waals surface area contributed by atoms with Crippen LogP contribution in [-0.4, -0.2) is 56.4 Å². The highest BCUT2D eigenvalue weighted by molar-refractivity contribution is 9.10. The van der Waals surface area contributed by atoms with Crippen molar-refractivity contribution in [3.63, 3.8) is 0 Å². The molecule has 0 radical (unpaired) electrons. The number of nitrogens with zero attached hydrogens (tertiary/aromatic N) is 4. The van der Waals surface area contributed by atoms with Crippen LogP contribution in [0.25, 0.3) is 0 Å². The topological polar surface area (TPSA) is 76.6 Å². The fourth-order valence-corrected chi connectivity index (χ4v) is 5.24. The van der Waals surface area contributed by atoms with Gasteiger partial charge in [-0.2, -0.15) is 4.98 Å². The number of ether oxygens (including phenoxy) is 1. The van der Waals surface area contributed by atoms with Gasteiger partial charge in [0, 0.05) is 36.7 Å². The molecule has 9 heteroatoms. The second kappa shape index (κ2) is 9.07. The number of hydrogen-bond acceptors (Lipinski definition) is 7. The molecular formula is C20H26BrN5O2S. The van der Waals surface area contributed by atoms with Crippen LogP contribution in [0.2, 0.25) is 0 Å². The number of anilines is 3. The number of hydrogen-bond donors (Lipinski definition) is 1. The molecule has 2 aliphatic rings. The third-order valence-corrected chi connectivity index (χ3v) is 7.39. The van der Waals surface area contributed by atoms with Gasteiger partial charge in [-0.1, -0.05) is 12.1 Å². The Labute approximate surface area is 183 Å². The maximum atomic E-state index is 12.3. The second-order valence-electron chi connectivity index (χ2n) is 7.51. The minimum Gasteiger partial charge on any atom is -0.598 e. The monoisotopic (exact) mass is 479 g/mol. The zero-order valence-corrected chi connectivity index (χ0v) is 19.1. The molecule has 2 aliphatic heterocycles. The molecule has 29 heavy (non-hydrogen) atoms. The Bertz CT molecular complexity index is 847. The average Bonchev–Trinajstić information content (AvgIpc) is 2.75. The summed E-state index contributed by atoms with van der Waals surface area (Å²) < 4.78 is 21.0. The van der Waals surface area contributed by atoms with Crippen molar-refractivity contribution in [1.82, 2.24) is 14.3 Å². The van der Waals surface area contributed by atoms with Gasteiger partial charge in [-0.15, -0.1) is 4.31 Å². The first kappa shape index (κ1) is 20.7. The molecule has 1 fully saturated rings. The number of fused-ring (bicyclic) bond motifs is 1. The molecule has 7 nitrogen and oxygen atoms in total. The first-order chi connectivity index (χ1) is 14.0. The van der Waals surface area contributed by atoms with Crippen LogP contribution in [0, 0.1) is 0 Å². The number of piperidine rings is 1. The Balaban J connectivity index is 1.46. The summed E-state index contributed by atoms with van der Waals surface area (Å²) in [6, 6.07) is 8.28. The van der Waals surface area contributed by atoms with E-state index in [1.165, 1.54) is 0 Å². The van der Waals surface area contributed by atoms with Crippen molar-refractivity contribution in [3.8, 4) is 5.75 Å². The lowest BCUT2D eigenvalue weighted by Crippen LogP contribution is -2.45. The first-order valence-electron chi connectivity index (χ1n) is 9.97. The molecule has 2 aromatic rings. The highest BCUT2D eigenvalue weighted by atomic mass is 79.9. The fraction of sp³-hybridized carbons (Fsp3) is 0.500. The quantitative estimate of drug-likeness (QED) is 0.654. The Morgan fingerprint density at radius 3 is 2.76 bits per heavy atom. The summed E-state index contributed by atoms with van der Waals surface area (Å²) >= 11 is 2.70. The van der Waals surface area contributed by atoms with Crippen LogP contribution in [0.1, 0.15) is 26.7 Å². The Morgan fingerprint density at radius 1 is 1.24 bits per heavy atom. The number of rotatable bonds is 5. The molecule has 3 heterocycles. The number of halogens is 1. The summed E-state index contributed by atoms with van der Waals surface area (Å²) in [4.78, 5) is 11.4. The van der Waals surface area contributed by atoms with Crippen molar-refractivity contribution >= 4 is 44.7 Å². The lowest BCUT2D eigenvalue weighted by atomic mass is 10.1. The van der Waals surface area contributed by atoms with E-state index in [2.05, 4.69) is 35.4 Å².